The van der Waals surface area contributed by atoms with Crippen molar-refractivity contribution in [3.05, 3.63) is 194 Å². The summed E-state index contributed by atoms with van der Waals surface area (Å²) in [5.41, 5.74) is 13.7. The minimum Gasteiger partial charge on any atom is -0.0990 e. The van der Waals surface area contributed by atoms with Crippen molar-refractivity contribution in [3.63, 3.8) is 0 Å². The second kappa shape index (κ2) is 15.7. The van der Waals surface area contributed by atoms with Crippen molar-refractivity contribution in [3.8, 4) is 55.6 Å². The minimum atomic E-state index is 1.02. The Kier molecular flexibility index (Phi) is 10.9. The topological polar surface area (TPSA) is 0 Å². The third-order valence-electron chi connectivity index (χ3n) is 9.02. The average molecular weight is 916 g/mol. The van der Waals surface area contributed by atoms with Gasteiger partial charge in [-0.25, -0.2) is 0 Å². The van der Waals surface area contributed by atoms with E-state index >= 15 is 0 Å². The highest BCUT2D eigenvalue weighted by atomic mass is 79.9. The van der Waals surface area contributed by atoms with Crippen molar-refractivity contribution >= 4 is 80.1 Å². The summed E-state index contributed by atoms with van der Waals surface area (Å²) in [5.74, 6) is 0. The molecule has 7 aromatic carbocycles. The molecule has 0 N–H and O–H groups in total. The molecule has 7 aromatic rings. The van der Waals surface area contributed by atoms with Crippen molar-refractivity contribution in [2.75, 3.05) is 0 Å². The zero-order chi connectivity index (χ0) is 35.5. The molecule has 4 heteroatoms. The fourth-order valence-electron chi connectivity index (χ4n) is 6.62. The predicted octanol–water partition coefficient (Wildman–Crippen LogP) is 16.4. The predicted molar refractivity (Wildman–Crippen MR) is 235 cm³/mol. The smallest absolute Gasteiger partial charge is 0.0260 e. The van der Waals surface area contributed by atoms with E-state index in [1.54, 1.807) is 0 Å². The van der Waals surface area contributed by atoms with Crippen LogP contribution in [0.25, 0.3) is 72.0 Å². The molecule has 0 aliphatic heterocycles. The lowest BCUT2D eigenvalue weighted by Crippen LogP contribution is -1.93. The van der Waals surface area contributed by atoms with Gasteiger partial charge in [0.05, 0.1) is 0 Å². The molecule has 0 aliphatic rings. The van der Waals surface area contributed by atoms with Crippen LogP contribution in [-0.2, 0) is 0 Å². The molecular weight excluding hydrogens is 884 g/mol. The second-order valence-electron chi connectivity index (χ2n) is 12.2. The van der Waals surface area contributed by atoms with E-state index in [1.165, 1.54) is 22.3 Å². The molecule has 0 aliphatic carbocycles. The van der Waals surface area contributed by atoms with Gasteiger partial charge in [-0.15, -0.1) is 0 Å². The van der Waals surface area contributed by atoms with Crippen LogP contribution in [0.5, 0.6) is 0 Å². The molecule has 0 saturated carbocycles. The number of benzene rings is 7. The van der Waals surface area contributed by atoms with Crippen LogP contribution in [0.1, 0.15) is 12.5 Å². The van der Waals surface area contributed by atoms with Gasteiger partial charge in [0.2, 0.25) is 0 Å². The molecule has 0 radical (unpaired) electrons. The molecule has 0 saturated heterocycles. The summed E-state index contributed by atoms with van der Waals surface area (Å²) in [4.78, 5) is 0. The molecule has 0 nitrogen and oxygen atoms in total. The second-order valence-corrected chi connectivity index (χ2v) is 15.6. The summed E-state index contributed by atoms with van der Waals surface area (Å²) in [5, 5.41) is 2.28. The highest BCUT2D eigenvalue weighted by Crippen LogP contribution is 2.46. The van der Waals surface area contributed by atoms with Crippen molar-refractivity contribution in [1.29, 1.82) is 0 Å². The third kappa shape index (κ3) is 7.34. The monoisotopic (exact) mass is 912 g/mol. The number of hydrogen-bond donors (Lipinski definition) is 0. The zero-order valence-corrected chi connectivity index (χ0v) is 34.2. The fraction of sp³-hybridized carbons (Fsp3) is 0.0213. The van der Waals surface area contributed by atoms with E-state index in [2.05, 4.69) is 228 Å². The molecule has 51 heavy (non-hydrogen) atoms. The molecule has 0 amide bonds. The Morgan fingerprint density at radius 1 is 0.451 bits per heavy atom. The maximum Gasteiger partial charge on any atom is 0.0260 e. The van der Waals surface area contributed by atoms with E-state index in [-0.39, 0.29) is 0 Å². The summed E-state index contributed by atoms with van der Waals surface area (Å²) in [6, 6.07) is 49.9. The van der Waals surface area contributed by atoms with Crippen molar-refractivity contribution in [1.82, 2.24) is 0 Å². The quantitative estimate of drug-likeness (QED) is 0.133. The van der Waals surface area contributed by atoms with Gasteiger partial charge in [0.25, 0.3) is 0 Å². The standard InChI is InChI=1S/C47H32Br4/c1-3-14-30(15-4-2)38-28-46(50)42(26-36(38)31-16-8-5-9-17-31)40-22-34-25-45(49)41(23-35(34)24-44(40)48)43-27-37(32-18-10-6-11-19-32)39(29-47(43)51)33-20-12-7-13-21-33/h3-29H,1H2,2H3/b15-4-,30-14+. The van der Waals surface area contributed by atoms with Gasteiger partial charge in [-0.05, 0) is 133 Å². The summed E-state index contributed by atoms with van der Waals surface area (Å²) < 4.78 is 4.11. The molecule has 0 fully saturated rings. The van der Waals surface area contributed by atoms with E-state index in [0.29, 0.717) is 0 Å². The van der Waals surface area contributed by atoms with Crippen LogP contribution >= 0.6 is 63.7 Å². The van der Waals surface area contributed by atoms with Gasteiger partial charge in [0.15, 0.2) is 0 Å². The summed E-state index contributed by atoms with van der Waals surface area (Å²) in [7, 11) is 0. The number of allylic oxidation sites excluding steroid dienone is 5. The lowest BCUT2D eigenvalue weighted by molar-refractivity contribution is 1.51. The Morgan fingerprint density at radius 2 is 0.843 bits per heavy atom. The molecular formula is C47H32Br4. The lowest BCUT2D eigenvalue weighted by atomic mass is 9.89. The summed E-state index contributed by atoms with van der Waals surface area (Å²) >= 11 is 15.9. The Labute approximate surface area is 333 Å². The Hall–Kier alpha value is -4.06. The van der Waals surface area contributed by atoms with E-state index in [0.717, 1.165) is 73.2 Å². The summed E-state index contributed by atoms with van der Waals surface area (Å²) in [6.07, 6.45) is 8.10. The number of halogens is 4. The van der Waals surface area contributed by atoms with Crippen LogP contribution in [0.2, 0.25) is 0 Å². The largest absolute Gasteiger partial charge is 0.0990 e. The molecule has 7 rings (SSSR count). The van der Waals surface area contributed by atoms with Gasteiger partial charge < -0.3 is 0 Å². The van der Waals surface area contributed by atoms with Gasteiger partial charge in [0, 0.05) is 17.9 Å². The molecule has 0 aromatic heterocycles. The Balaban J connectivity index is 1.38. The van der Waals surface area contributed by atoms with Crippen molar-refractivity contribution in [2.45, 2.75) is 6.92 Å². The maximum absolute atomic E-state index is 3.98. The molecule has 0 spiro atoms. The van der Waals surface area contributed by atoms with Gasteiger partial charge >= 0.3 is 0 Å². The number of fused-ring (bicyclic) bond motifs is 1. The van der Waals surface area contributed by atoms with Crippen molar-refractivity contribution in [2.24, 2.45) is 0 Å². The van der Waals surface area contributed by atoms with E-state index in [1.807, 2.05) is 13.0 Å². The molecule has 0 bridgehead atoms. The van der Waals surface area contributed by atoms with Crippen LogP contribution < -0.4 is 0 Å². The van der Waals surface area contributed by atoms with E-state index < -0.39 is 0 Å². The maximum atomic E-state index is 3.98. The first-order valence-corrected chi connectivity index (χ1v) is 19.8. The van der Waals surface area contributed by atoms with Crippen molar-refractivity contribution < 1.29 is 0 Å². The van der Waals surface area contributed by atoms with Crippen LogP contribution in [0.15, 0.2) is 188 Å². The van der Waals surface area contributed by atoms with Gasteiger partial charge in [0.1, 0.15) is 0 Å². The molecule has 248 valence electrons. The summed E-state index contributed by atoms with van der Waals surface area (Å²) in [6.45, 7) is 6.02. The minimum absolute atomic E-state index is 1.02. The van der Waals surface area contributed by atoms with E-state index in [9.17, 15) is 0 Å². The number of rotatable bonds is 8. The van der Waals surface area contributed by atoms with Crippen LogP contribution in [0.4, 0.5) is 0 Å². The van der Waals surface area contributed by atoms with Gasteiger partial charge in [-0.2, -0.15) is 0 Å². The molecule has 0 unspecified atom stereocenters. The highest BCUT2D eigenvalue weighted by molar-refractivity contribution is 9.11. The first-order valence-electron chi connectivity index (χ1n) is 16.6. The number of hydrogen-bond acceptors (Lipinski definition) is 0. The fourth-order valence-corrected chi connectivity index (χ4v) is 8.88. The average Bonchev–Trinajstić information content (AvgIpc) is 3.15. The Morgan fingerprint density at radius 3 is 1.31 bits per heavy atom. The normalized spacial score (nSPS) is 11.7. The molecule has 0 heterocycles. The lowest BCUT2D eigenvalue weighted by Gasteiger charge is -2.18. The van der Waals surface area contributed by atoms with Crippen LogP contribution in [0.3, 0.4) is 0 Å². The SMILES string of the molecule is C=C/C=C(\C=C/C)c1cc(Br)c(-c2cc3cc(Br)c(-c4cc(-c5ccccc5)c(-c5ccccc5)cc4Br)cc3cc2Br)cc1-c1ccccc1. The highest BCUT2D eigenvalue weighted by Gasteiger charge is 2.19. The molecule has 0 atom stereocenters. The van der Waals surface area contributed by atoms with Crippen LogP contribution in [0, 0.1) is 0 Å². The zero-order valence-electron chi connectivity index (χ0n) is 27.8. The van der Waals surface area contributed by atoms with Gasteiger partial charge in [-0.1, -0.05) is 186 Å². The van der Waals surface area contributed by atoms with Gasteiger partial charge in [-0.3, -0.25) is 0 Å². The Bertz CT molecular complexity index is 2460. The third-order valence-corrected chi connectivity index (χ3v) is 11.6. The first-order chi connectivity index (χ1) is 24.9. The first kappa shape index (κ1) is 35.3. The van der Waals surface area contributed by atoms with E-state index in [4.69, 9.17) is 0 Å². The van der Waals surface area contributed by atoms with Crippen LogP contribution in [-0.4, -0.2) is 0 Å².